The number of para-hydroxylation sites is 1. The summed E-state index contributed by atoms with van der Waals surface area (Å²) >= 11 is 0. The summed E-state index contributed by atoms with van der Waals surface area (Å²) < 4.78 is 8.81. The van der Waals surface area contributed by atoms with E-state index in [9.17, 15) is 0 Å². The number of rotatable bonds is 3. The zero-order chi connectivity index (χ0) is 32.7. The van der Waals surface area contributed by atoms with Gasteiger partial charge in [-0.2, -0.15) is 0 Å². The van der Waals surface area contributed by atoms with Crippen molar-refractivity contribution in [2.75, 3.05) is 0 Å². The number of pyridine rings is 2. The normalized spacial score (nSPS) is 11.4. The van der Waals surface area contributed by atoms with Gasteiger partial charge in [0.25, 0.3) is 0 Å². The van der Waals surface area contributed by atoms with Crippen molar-refractivity contribution < 1.29 is 24.5 Å². The number of hydrogen-bond donors (Lipinski definition) is 0. The molecule has 5 aromatic carbocycles. The van der Waals surface area contributed by atoms with E-state index < -0.39 is 0 Å². The molecule has 0 N–H and O–H groups in total. The van der Waals surface area contributed by atoms with E-state index in [1.54, 1.807) is 6.20 Å². The van der Waals surface area contributed by atoms with Crippen LogP contribution in [0.3, 0.4) is 0 Å². The van der Waals surface area contributed by atoms with Gasteiger partial charge in [0, 0.05) is 53.9 Å². The molecular formula is C43H32IrN4O-2. The Labute approximate surface area is 298 Å². The summed E-state index contributed by atoms with van der Waals surface area (Å²) in [5.74, 6) is 0.790. The summed E-state index contributed by atoms with van der Waals surface area (Å²) in [5, 5.41) is 4.42. The van der Waals surface area contributed by atoms with Crippen LogP contribution in [-0.2, 0) is 25.5 Å². The van der Waals surface area contributed by atoms with Crippen molar-refractivity contribution in [3.63, 3.8) is 0 Å². The Morgan fingerprint density at radius 2 is 1.45 bits per heavy atom. The minimum absolute atomic E-state index is 0. The topological polar surface area (TPSA) is 56.7 Å². The van der Waals surface area contributed by atoms with Crippen LogP contribution in [0, 0.1) is 12.1 Å². The molecule has 1 radical (unpaired) electrons. The zero-order valence-corrected chi connectivity index (χ0v) is 29.7. The molecule has 0 saturated carbocycles. The van der Waals surface area contributed by atoms with Crippen molar-refractivity contribution in [1.29, 1.82) is 0 Å². The number of imidazole rings is 1. The first kappa shape index (κ1) is 32.1. The van der Waals surface area contributed by atoms with Crippen molar-refractivity contribution >= 4 is 43.7 Å². The molecule has 0 amide bonds. The molecule has 9 aromatic rings. The van der Waals surface area contributed by atoms with Crippen LogP contribution in [0.4, 0.5) is 0 Å². The maximum absolute atomic E-state index is 6.62. The fraction of sp³-hybridized carbons (Fsp3) is 0.0930. The third-order valence-electron chi connectivity index (χ3n) is 8.52. The predicted octanol–water partition coefficient (Wildman–Crippen LogP) is 10.8. The largest absolute Gasteiger partial charge is 0.500 e. The van der Waals surface area contributed by atoms with E-state index in [4.69, 9.17) is 14.4 Å². The first-order valence-electron chi connectivity index (χ1n) is 16.0. The smallest absolute Gasteiger partial charge is 0.128 e. The monoisotopic (exact) mass is 813 g/mol. The molecule has 4 aromatic heterocycles. The second-order valence-corrected chi connectivity index (χ2v) is 12.8. The van der Waals surface area contributed by atoms with Gasteiger partial charge in [-0.3, -0.25) is 9.97 Å². The third kappa shape index (κ3) is 6.06. The molecule has 0 aliphatic carbocycles. The third-order valence-corrected chi connectivity index (χ3v) is 8.52. The Bertz CT molecular complexity index is 2500. The minimum atomic E-state index is -0.0773. The summed E-state index contributed by atoms with van der Waals surface area (Å²) in [6.07, 6.45) is 3.67. The summed E-state index contributed by atoms with van der Waals surface area (Å²) in [4.78, 5) is 14.0. The average molecular weight is 813 g/mol. The van der Waals surface area contributed by atoms with Gasteiger partial charge < -0.3 is 14.0 Å². The fourth-order valence-electron chi connectivity index (χ4n) is 6.11. The van der Waals surface area contributed by atoms with E-state index >= 15 is 0 Å². The first-order valence-corrected chi connectivity index (χ1v) is 16.0. The van der Waals surface area contributed by atoms with Crippen LogP contribution in [0.15, 0.2) is 144 Å². The first-order chi connectivity index (χ1) is 23.5. The molecule has 241 valence electrons. The Kier molecular flexibility index (Phi) is 8.68. The van der Waals surface area contributed by atoms with Crippen LogP contribution in [0.25, 0.3) is 72.1 Å². The Hall–Kier alpha value is -5.42. The molecule has 6 heteroatoms. The van der Waals surface area contributed by atoms with Gasteiger partial charge >= 0.3 is 0 Å². The van der Waals surface area contributed by atoms with Crippen LogP contribution in [0.1, 0.15) is 26.5 Å². The second kappa shape index (κ2) is 13.2. The van der Waals surface area contributed by atoms with Crippen molar-refractivity contribution in [3.05, 3.63) is 158 Å². The van der Waals surface area contributed by atoms with Crippen LogP contribution < -0.4 is 0 Å². The van der Waals surface area contributed by atoms with Crippen LogP contribution in [-0.4, -0.2) is 19.5 Å². The summed E-state index contributed by atoms with van der Waals surface area (Å²) in [5.41, 5.74) is 8.37. The molecule has 0 aliphatic heterocycles. The maximum atomic E-state index is 6.62. The maximum Gasteiger partial charge on any atom is 0.128 e. The van der Waals surface area contributed by atoms with Crippen LogP contribution in [0.2, 0.25) is 0 Å². The number of furan rings is 1. The van der Waals surface area contributed by atoms with E-state index in [1.807, 2.05) is 60.8 Å². The molecule has 49 heavy (non-hydrogen) atoms. The Morgan fingerprint density at radius 3 is 2.22 bits per heavy atom. The van der Waals surface area contributed by atoms with Gasteiger partial charge in [-0.15, -0.1) is 54.1 Å². The summed E-state index contributed by atoms with van der Waals surface area (Å²) in [6.45, 7) is 6.54. The van der Waals surface area contributed by atoms with Gasteiger partial charge in [-0.1, -0.05) is 98.5 Å². The van der Waals surface area contributed by atoms with E-state index in [-0.39, 0.29) is 25.5 Å². The van der Waals surface area contributed by atoms with Crippen LogP contribution >= 0.6 is 0 Å². The molecule has 5 nitrogen and oxygen atoms in total. The summed E-state index contributed by atoms with van der Waals surface area (Å²) in [6, 6.07) is 49.5. The zero-order valence-electron chi connectivity index (χ0n) is 27.3. The van der Waals surface area contributed by atoms with E-state index in [0.717, 1.165) is 77.8 Å². The predicted molar refractivity (Wildman–Crippen MR) is 195 cm³/mol. The fourth-order valence-corrected chi connectivity index (χ4v) is 6.11. The Morgan fingerprint density at radius 1 is 0.673 bits per heavy atom. The molecule has 0 aliphatic rings. The van der Waals surface area contributed by atoms with Crippen molar-refractivity contribution in [1.82, 2.24) is 19.5 Å². The molecular weight excluding hydrogens is 781 g/mol. The average Bonchev–Trinajstić information content (AvgIpc) is 3.71. The second-order valence-electron chi connectivity index (χ2n) is 12.8. The van der Waals surface area contributed by atoms with Gasteiger partial charge in [0.15, 0.2) is 0 Å². The molecule has 0 unspecified atom stereocenters. The van der Waals surface area contributed by atoms with Gasteiger partial charge in [-0.25, -0.2) is 0 Å². The molecule has 0 bridgehead atoms. The number of hydrogen-bond acceptors (Lipinski definition) is 4. The quantitative estimate of drug-likeness (QED) is 0.167. The Balaban J connectivity index is 0.000000246. The van der Waals surface area contributed by atoms with Gasteiger partial charge in [0.2, 0.25) is 0 Å². The molecule has 0 spiro atoms. The molecule has 4 heterocycles. The van der Waals surface area contributed by atoms with E-state index in [0.29, 0.717) is 0 Å². The van der Waals surface area contributed by atoms with Gasteiger partial charge in [0.1, 0.15) is 5.58 Å². The van der Waals surface area contributed by atoms with Crippen molar-refractivity contribution in [3.8, 4) is 28.3 Å². The number of nitrogens with zero attached hydrogens (tertiary/aromatic N) is 4. The van der Waals surface area contributed by atoms with Crippen molar-refractivity contribution in [2.24, 2.45) is 0 Å². The van der Waals surface area contributed by atoms with Gasteiger partial charge in [-0.05, 0) is 35.3 Å². The van der Waals surface area contributed by atoms with E-state index in [1.165, 1.54) is 0 Å². The minimum Gasteiger partial charge on any atom is -0.500 e. The number of fused-ring (bicyclic) bond motifs is 6. The molecule has 9 rings (SSSR count). The van der Waals surface area contributed by atoms with Gasteiger partial charge in [0.05, 0.1) is 28.6 Å². The SMILES string of the molecule is CC(C)(C)c1cc2c(cn1)nc(-c1[c-]ccc3c1oc1c4ccccc4ccc31)n2-c1ccccc1.[Ir].[c-]1ccccc1-c1ccccn1. The molecule has 0 saturated heterocycles. The number of aromatic nitrogens is 4. The molecule has 0 fully saturated rings. The molecule has 0 atom stereocenters. The van der Waals surface area contributed by atoms with E-state index in [2.05, 4.69) is 115 Å². The number of benzene rings is 5. The standard InChI is InChI=1S/C32H24N3O.C11H8N.Ir/c1-32(2,3)28-18-27-26(19-33-28)34-31(35(27)21-11-5-4-6-12-21)25-15-9-14-23-24-17-16-20-10-7-8-13-22(20)29(24)36-30(23)25;1-2-6-10(7-3-1)11-8-4-5-9-12-11;/h4-14,16-19H,1-3H3;1-6,8-9H;/q2*-1;. The summed E-state index contributed by atoms with van der Waals surface area (Å²) in [7, 11) is 0. The van der Waals surface area contributed by atoms with Crippen LogP contribution in [0.5, 0.6) is 0 Å². The van der Waals surface area contributed by atoms with Crippen molar-refractivity contribution in [2.45, 2.75) is 26.2 Å².